The third-order valence-electron chi connectivity index (χ3n) is 3.35. The van der Waals surface area contributed by atoms with E-state index in [-0.39, 0.29) is 5.69 Å². The minimum atomic E-state index is -0.749. The molecule has 3 N–H and O–H groups in total. The Labute approximate surface area is 107 Å². The van der Waals surface area contributed by atoms with E-state index in [1.54, 1.807) is 6.07 Å². The van der Waals surface area contributed by atoms with E-state index < -0.39 is 10.7 Å². The zero-order valence-electron chi connectivity index (χ0n) is 9.53. The van der Waals surface area contributed by atoms with Crippen LogP contribution in [-0.4, -0.2) is 25.8 Å². The van der Waals surface area contributed by atoms with Gasteiger partial charge in [0.25, 0.3) is 0 Å². The van der Waals surface area contributed by atoms with Crippen molar-refractivity contribution in [1.29, 1.82) is 0 Å². The molecule has 0 unspecified atom stereocenters. The Morgan fingerprint density at radius 1 is 1.28 bits per heavy atom. The lowest BCUT2D eigenvalue weighted by molar-refractivity contribution is -0.142. The van der Waals surface area contributed by atoms with Crippen LogP contribution in [0.3, 0.4) is 0 Å². The molecule has 1 fully saturated rings. The smallest absolute Gasteiger partial charge is 0.323 e. The normalized spacial score (nSPS) is 17.6. The van der Waals surface area contributed by atoms with Crippen LogP contribution in [0, 0.1) is 0 Å². The topological polar surface area (TPSA) is 85.9 Å². The van der Waals surface area contributed by atoms with Crippen LogP contribution < -0.4 is 5.69 Å². The molecular weight excluding hydrogens is 252 g/mol. The number of aliphatic carboxylic acids is 1. The molecule has 18 heavy (non-hydrogen) atoms. The first kappa shape index (κ1) is 11.4. The molecule has 0 aliphatic heterocycles. The number of aromatic nitrogens is 2. The van der Waals surface area contributed by atoms with E-state index in [2.05, 4.69) is 9.97 Å². The molecule has 6 heteroatoms. The summed E-state index contributed by atoms with van der Waals surface area (Å²) in [5.41, 5.74) is 1.20. The molecule has 1 aromatic carbocycles. The van der Waals surface area contributed by atoms with Crippen LogP contribution >= 0.6 is 11.8 Å². The van der Waals surface area contributed by atoms with Gasteiger partial charge in [-0.05, 0) is 37.5 Å². The largest absolute Gasteiger partial charge is 0.480 e. The van der Waals surface area contributed by atoms with Crippen LogP contribution in [0.5, 0.6) is 0 Å². The highest BCUT2D eigenvalue weighted by Crippen LogP contribution is 2.48. The lowest BCUT2D eigenvalue weighted by Gasteiger charge is -2.36. The van der Waals surface area contributed by atoms with Crippen LogP contribution in [0.4, 0.5) is 0 Å². The number of rotatable bonds is 3. The summed E-state index contributed by atoms with van der Waals surface area (Å²) in [6, 6.07) is 5.46. The van der Waals surface area contributed by atoms with E-state index in [1.807, 2.05) is 12.1 Å². The molecule has 0 atom stereocenters. The number of imidazole rings is 1. The first-order chi connectivity index (χ1) is 8.59. The molecule has 1 heterocycles. The van der Waals surface area contributed by atoms with Gasteiger partial charge in [-0.1, -0.05) is 0 Å². The van der Waals surface area contributed by atoms with Gasteiger partial charge in [-0.2, -0.15) is 0 Å². The molecule has 0 spiro atoms. The van der Waals surface area contributed by atoms with Crippen LogP contribution in [-0.2, 0) is 4.79 Å². The second kappa shape index (κ2) is 3.91. The maximum atomic E-state index is 11.3. The number of H-pyrrole nitrogens is 2. The molecule has 0 amide bonds. The van der Waals surface area contributed by atoms with E-state index in [9.17, 15) is 14.7 Å². The van der Waals surface area contributed by atoms with Gasteiger partial charge >= 0.3 is 11.7 Å². The number of carbonyl (C=O) groups is 1. The van der Waals surface area contributed by atoms with Crippen molar-refractivity contribution < 1.29 is 9.90 Å². The van der Waals surface area contributed by atoms with Crippen molar-refractivity contribution in [3.8, 4) is 0 Å². The predicted molar refractivity (Wildman–Crippen MR) is 69.0 cm³/mol. The summed E-state index contributed by atoms with van der Waals surface area (Å²) in [5.74, 6) is -0.749. The number of hydrogen-bond donors (Lipinski definition) is 3. The Balaban J connectivity index is 1.95. The molecule has 0 bridgehead atoms. The summed E-state index contributed by atoms with van der Waals surface area (Å²) in [6.45, 7) is 0. The zero-order chi connectivity index (χ0) is 12.8. The summed E-state index contributed by atoms with van der Waals surface area (Å²) in [4.78, 5) is 28.7. The van der Waals surface area contributed by atoms with Gasteiger partial charge in [-0.25, -0.2) is 4.79 Å². The second-order valence-corrected chi connectivity index (χ2v) is 6.00. The van der Waals surface area contributed by atoms with Crippen molar-refractivity contribution >= 4 is 28.8 Å². The number of benzene rings is 1. The standard InChI is InChI=1S/C12H12N2O3S/c15-10(16)12(4-1-5-12)18-7-2-3-8-9(6-7)14-11(17)13-8/h2-3,6H,1,4-5H2,(H,15,16)(H2,13,14,17). The highest BCUT2D eigenvalue weighted by molar-refractivity contribution is 8.01. The Morgan fingerprint density at radius 2 is 2.00 bits per heavy atom. The Bertz CT molecular complexity index is 669. The second-order valence-electron chi connectivity index (χ2n) is 4.54. The first-order valence-electron chi connectivity index (χ1n) is 5.74. The van der Waals surface area contributed by atoms with E-state index in [0.29, 0.717) is 18.4 Å². The number of hydrogen-bond acceptors (Lipinski definition) is 3. The van der Waals surface area contributed by atoms with E-state index >= 15 is 0 Å². The maximum Gasteiger partial charge on any atom is 0.323 e. The summed E-state index contributed by atoms with van der Waals surface area (Å²) in [7, 11) is 0. The molecule has 1 aliphatic carbocycles. The highest BCUT2D eigenvalue weighted by atomic mass is 32.2. The van der Waals surface area contributed by atoms with Crippen LogP contribution in [0.1, 0.15) is 19.3 Å². The summed E-state index contributed by atoms with van der Waals surface area (Å²) < 4.78 is -0.676. The van der Waals surface area contributed by atoms with Gasteiger partial charge < -0.3 is 15.1 Å². The molecule has 1 aromatic heterocycles. The maximum absolute atomic E-state index is 11.3. The van der Waals surface area contributed by atoms with Gasteiger partial charge in [0, 0.05) is 4.90 Å². The Morgan fingerprint density at radius 3 is 2.61 bits per heavy atom. The lowest BCUT2D eigenvalue weighted by Crippen LogP contribution is -2.41. The van der Waals surface area contributed by atoms with Gasteiger partial charge in [-0.15, -0.1) is 11.8 Å². The number of nitrogens with one attached hydrogen (secondary N) is 2. The highest BCUT2D eigenvalue weighted by Gasteiger charge is 2.45. The van der Waals surface area contributed by atoms with Crippen molar-refractivity contribution in [2.75, 3.05) is 0 Å². The monoisotopic (exact) mass is 264 g/mol. The average Bonchev–Trinajstić information content (AvgIpc) is 2.62. The molecular formula is C12H12N2O3S. The zero-order valence-corrected chi connectivity index (χ0v) is 10.3. The quantitative estimate of drug-likeness (QED) is 0.791. The summed E-state index contributed by atoms with van der Waals surface area (Å²) in [5, 5.41) is 9.28. The van der Waals surface area contributed by atoms with Gasteiger partial charge in [0.2, 0.25) is 0 Å². The molecule has 3 rings (SSSR count). The van der Waals surface area contributed by atoms with Gasteiger partial charge in [0.1, 0.15) is 4.75 Å². The van der Waals surface area contributed by atoms with Crippen LogP contribution in [0.15, 0.2) is 27.9 Å². The fourth-order valence-corrected chi connectivity index (χ4v) is 3.50. The van der Waals surface area contributed by atoms with Crippen LogP contribution in [0.2, 0.25) is 0 Å². The number of carboxylic acid groups (broad SMARTS) is 1. The number of carboxylic acids is 1. The number of thioether (sulfide) groups is 1. The van der Waals surface area contributed by atoms with E-state index in [1.165, 1.54) is 11.8 Å². The Hall–Kier alpha value is -1.69. The molecule has 1 saturated carbocycles. The minimum absolute atomic E-state index is 0.247. The lowest BCUT2D eigenvalue weighted by atomic mass is 9.84. The van der Waals surface area contributed by atoms with Gasteiger partial charge in [-0.3, -0.25) is 4.79 Å². The van der Waals surface area contributed by atoms with E-state index in [4.69, 9.17) is 0 Å². The summed E-state index contributed by atoms with van der Waals surface area (Å²) in [6.07, 6.45) is 2.37. The number of aromatic amines is 2. The minimum Gasteiger partial charge on any atom is -0.480 e. The van der Waals surface area contributed by atoms with Gasteiger partial charge in [0.15, 0.2) is 0 Å². The SMILES string of the molecule is O=C(O)C1(Sc2ccc3[nH]c(=O)[nH]c3c2)CCC1. The molecule has 1 aliphatic rings. The molecule has 94 valence electrons. The molecule has 0 saturated heterocycles. The fraction of sp³-hybridized carbons (Fsp3) is 0.333. The van der Waals surface area contributed by atoms with Crippen LogP contribution in [0.25, 0.3) is 11.0 Å². The third kappa shape index (κ3) is 1.73. The molecule has 0 radical (unpaired) electrons. The Kier molecular flexibility index (Phi) is 2.48. The van der Waals surface area contributed by atoms with Crippen molar-refractivity contribution in [2.24, 2.45) is 0 Å². The van der Waals surface area contributed by atoms with Crippen molar-refractivity contribution in [1.82, 2.24) is 9.97 Å². The van der Waals surface area contributed by atoms with Crippen molar-refractivity contribution in [3.05, 3.63) is 28.7 Å². The van der Waals surface area contributed by atoms with Crippen molar-refractivity contribution in [2.45, 2.75) is 28.9 Å². The summed E-state index contributed by atoms with van der Waals surface area (Å²) >= 11 is 1.37. The third-order valence-corrected chi connectivity index (χ3v) is 4.81. The van der Waals surface area contributed by atoms with Gasteiger partial charge in [0.05, 0.1) is 11.0 Å². The average molecular weight is 264 g/mol. The van der Waals surface area contributed by atoms with Crippen molar-refractivity contribution in [3.63, 3.8) is 0 Å². The predicted octanol–water partition coefficient (Wildman–Crippen LogP) is 1.96. The number of fused-ring (bicyclic) bond motifs is 1. The van der Waals surface area contributed by atoms with E-state index in [0.717, 1.165) is 16.8 Å². The first-order valence-corrected chi connectivity index (χ1v) is 6.55. The molecule has 2 aromatic rings. The molecule has 5 nitrogen and oxygen atoms in total. The fourth-order valence-electron chi connectivity index (χ4n) is 2.16.